The van der Waals surface area contributed by atoms with Gasteiger partial charge in [-0.05, 0) is 42.0 Å². The Morgan fingerprint density at radius 1 is 0.897 bits per heavy atom. The van der Waals surface area contributed by atoms with Crippen LogP contribution in [0.1, 0.15) is 5.56 Å². The molecule has 2 aromatic carbocycles. The summed E-state index contributed by atoms with van der Waals surface area (Å²) in [6.45, 7) is 2.13. The average Bonchev–Trinajstić information content (AvgIpc) is 2.96. The molecule has 0 bridgehead atoms. The molecule has 0 radical (unpaired) electrons. The van der Waals surface area contributed by atoms with Crippen molar-refractivity contribution in [1.29, 1.82) is 0 Å². The number of rotatable bonds is 4. The number of piperazine rings is 1. The number of pyridine rings is 2. The third-order valence-corrected chi connectivity index (χ3v) is 6.86. The molecule has 1 fully saturated rings. The van der Waals surface area contributed by atoms with Crippen LogP contribution in [0.3, 0.4) is 0 Å². The molecule has 0 saturated carbocycles. The van der Waals surface area contributed by atoms with Crippen molar-refractivity contribution in [3.8, 4) is 22.8 Å². The zero-order chi connectivity index (χ0) is 27.1. The van der Waals surface area contributed by atoms with Crippen LogP contribution in [0.15, 0.2) is 71.9 Å². The maximum Gasteiger partial charge on any atom is 0.418 e. The number of ether oxygens (including phenoxy) is 1. The van der Waals surface area contributed by atoms with Crippen molar-refractivity contribution >= 4 is 27.5 Å². The van der Waals surface area contributed by atoms with Gasteiger partial charge in [0.25, 0.3) is 5.56 Å². The molecule has 3 aromatic heterocycles. The minimum absolute atomic E-state index is 0.106. The number of hydrogen-bond donors (Lipinski definition) is 1. The molecule has 4 heterocycles. The molecule has 198 valence electrons. The van der Waals surface area contributed by atoms with Crippen molar-refractivity contribution in [3.63, 3.8) is 0 Å². The molecule has 1 N–H and O–H groups in total. The summed E-state index contributed by atoms with van der Waals surface area (Å²) < 4.78 is 49.3. The molecule has 1 aliphatic rings. The van der Waals surface area contributed by atoms with E-state index in [2.05, 4.69) is 20.3 Å². The molecule has 0 unspecified atom stereocenters. The van der Waals surface area contributed by atoms with Crippen LogP contribution in [0.4, 0.5) is 18.9 Å². The monoisotopic (exact) mass is 532 g/mol. The fraction of sp³-hybridized carbons (Fsp3) is 0.214. The lowest BCUT2D eigenvalue weighted by Gasteiger charge is -2.32. The van der Waals surface area contributed by atoms with E-state index in [-0.39, 0.29) is 17.4 Å². The number of aromatic nitrogens is 4. The second-order valence-electron chi connectivity index (χ2n) is 9.20. The topological polar surface area (TPSA) is 85.2 Å². The van der Waals surface area contributed by atoms with Crippen molar-refractivity contribution in [3.05, 3.63) is 83.0 Å². The molecule has 0 atom stereocenters. The largest absolute Gasteiger partial charge is 0.467 e. The first-order valence-corrected chi connectivity index (χ1v) is 12.3. The van der Waals surface area contributed by atoms with E-state index in [0.29, 0.717) is 53.5 Å². The van der Waals surface area contributed by atoms with Gasteiger partial charge in [0.2, 0.25) is 0 Å². The number of nitrogens with zero attached hydrogens (tertiary/aromatic N) is 5. The van der Waals surface area contributed by atoms with Crippen molar-refractivity contribution in [2.24, 2.45) is 0 Å². The number of hydrogen-bond acceptors (Lipinski definition) is 7. The maximum absolute atomic E-state index is 14.3. The second kappa shape index (κ2) is 9.66. The van der Waals surface area contributed by atoms with Crippen LogP contribution in [0.2, 0.25) is 0 Å². The van der Waals surface area contributed by atoms with Gasteiger partial charge in [-0.25, -0.2) is 9.97 Å². The lowest BCUT2D eigenvalue weighted by atomic mass is 10.0. The molecular formula is C28H23F3N6O2. The summed E-state index contributed by atoms with van der Waals surface area (Å²) in [7, 11) is 1.47. The summed E-state index contributed by atoms with van der Waals surface area (Å²) in [5.74, 6) is 0. The normalized spacial score (nSPS) is 14.2. The van der Waals surface area contributed by atoms with Gasteiger partial charge in [0.05, 0.1) is 29.4 Å². The summed E-state index contributed by atoms with van der Waals surface area (Å²) in [5, 5.41) is 4.38. The van der Waals surface area contributed by atoms with E-state index in [1.807, 2.05) is 12.1 Å². The molecule has 0 amide bonds. The average molecular weight is 533 g/mol. The molecular weight excluding hydrogens is 509 g/mol. The molecule has 11 heteroatoms. The van der Waals surface area contributed by atoms with E-state index in [4.69, 9.17) is 4.74 Å². The van der Waals surface area contributed by atoms with Crippen LogP contribution >= 0.6 is 0 Å². The summed E-state index contributed by atoms with van der Waals surface area (Å²) in [6, 6.07) is 12.8. The predicted molar refractivity (Wildman–Crippen MR) is 143 cm³/mol. The number of halogens is 3. The van der Waals surface area contributed by atoms with Crippen molar-refractivity contribution in [2.75, 3.05) is 38.2 Å². The van der Waals surface area contributed by atoms with Gasteiger partial charge in [-0.3, -0.25) is 14.3 Å². The van der Waals surface area contributed by atoms with Gasteiger partial charge in [-0.2, -0.15) is 13.2 Å². The molecule has 5 aromatic rings. The Labute approximate surface area is 220 Å². The van der Waals surface area contributed by atoms with Crippen LogP contribution in [-0.4, -0.2) is 52.8 Å². The van der Waals surface area contributed by atoms with E-state index < -0.39 is 17.3 Å². The summed E-state index contributed by atoms with van der Waals surface area (Å²) in [6.07, 6.45) is 0.241. The molecule has 8 nitrogen and oxygen atoms in total. The minimum atomic E-state index is -4.60. The van der Waals surface area contributed by atoms with Gasteiger partial charge < -0.3 is 15.0 Å². The van der Waals surface area contributed by atoms with E-state index in [0.717, 1.165) is 11.6 Å². The Morgan fingerprint density at radius 3 is 2.38 bits per heavy atom. The Hall–Kier alpha value is -4.51. The van der Waals surface area contributed by atoms with Crippen LogP contribution in [-0.2, 0) is 6.18 Å². The zero-order valence-corrected chi connectivity index (χ0v) is 20.9. The van der Waals surface area contributed by atoms with Gasteiger partial charge in [-0.15, -0.1) is 0 Å². The summed E-state index contributed by atoms with van der Waals surface area (Å²) >= 11 is 0. The van der Waals surface area contributed by atoms with Crippen molar-refractivity contribution in [1.82, 2.24) is 24.8 Å². The number of anilines is 1. The third-order valence-electron chi connectivity index (χ3n) is 6.86. The van der Waals surface area contributed by atoms with E-state index >= 15 is 0 Å². The SMILES string of the molecule is COc1ncc(-c2ccc3ncc4ccc(=O)n(-c5ccc(N6CCNCC6)c(C(F)(F)F)c5)c4c3c2)cn1. The molecule has 39 heavy (non-hydrogen) atoms. The summed E-state index contributed by atoms with van der Waals surface area (Å²) in [5.41, 5.74) is 1.53. The highest BCUT2D eigenvalue weighted by Crippen LogP contribution is 2.39. The first-order chi connectivity index (χ1) is 18.8. The first kappa shape index (κ1) is 24.8. The van der Waals surface area contributed by atoms with Crippen LogP contribution < -0.4 is 20.5 Å². The number of methoxy groups -OCH3 is 1. The second-order valence-corrected chi connectivity index (χ2v) is 9.20. The highest BCUT2D eigenvalue weighted by atomic mass is 19.4. The van der Waals surface area contributed by atoms with Crippen molar-refractivity contribution in [2.45, 2.75) is 6.18 Å². The van der Waals surface area contributed by atoms with Gasteiger partial charge >= 0.3 is 12.2 Å². The van der Waals surface area contributed by atoms with E-state index in [1.54, 1.807) is 41.7 Å². The minimum Gasteiger partial charge on any atom is -0.467 e. The first-order valence-electron chi connectivity index (χ1n) is 12.3. The maximum atomic E-state index is 14.3. The standard InChI is InChI=1S/C28H23F3N6O2/c1-39-27-34-15-19(16-35-27)17-2-5-23-21(12-17)26-18(14-33-23)3-7-25(38)37(26)20-4-6-24(22(13-20)28(29,30)31)36-10-8-32-9-11-36/h2-7,12-16,32H,8-11H2,1H3. The van der Waals surface area contributed by atoms with Gasteiger partial charge in [0, 0.05) is 72.9 Å². The number of nitrogens with one attached hydrogen (secondary N) is 1. The van der Waals surface area contributed by atoms with Crippen LogP contribution in [0, 0.1) is 0 Å². The number of benzene rings is 2. The fourth-order valence-electron chi connectivity index (χ4n) is 4.99. The Morgan fingerprint density at radius 2 is 1.67 bits per heavy atom. The fourth-order valence-corrected chi connectivity index (χ4v) is 4.99. The zero-order valence-electron chi connectivity index (χ0n) is 20.9. The Balaban J connectivity index is 1.58. The van der Waals surface area contributed by atoms with Gasteiger partial charge in [-0.1, -0.05) is 6.07 Å². The molecule has 6 rings (SSSR count). The quantitative estimate of drug-likeness (QED) is 0.343. The highest BCUT2D eigenvalue weighted by Gasteiger charge is 2.36. The third kappa shape index (κ3) is 4.54. The van der Waals surface area contributed by atoms with E-state index in [1.165, 1.54) is 23.8 Å². The van der Waals surface area contributed by atoms with Crippen LogP contribution in [0.25, 0.3) is 38.6 Å². The Bertz CT molecular complexity index is 1750. The summed E-state index contributed by atoms with van der Waals surface area (Å²) in [4.78, 5) is 27.8. The highest BCUT2D eigenvalue weighted by molar-refractivity contribution is 6.05. The lowest BCUT2D eigenvalue weighted by Crippen LogP contribution is -2.44. The smallest absolute Gasteiger partial charge is 0.418 e. The predicted octanol–water partition coefficient (Wildman–Crippen LogP) is 4.43. The molecule has 1 aliphatic heterocycles. The molecule has 0 spiro atoms. The number of alkyl halides is 3. The van der Waals surface area contributed by atoms with Gasteiger partial charge in [0.15, 0.2) is 0 Å². The van der Waals surface area contributed by atoms with Gasteiger partial charge in [0.1, 0.15) is 0 Å². The lowest BCUT2D eigenvalue weighted by molar-refractivity contribution is -0.137. The van der Waals surface area contributed by atoms with Crippen molar-refractivity contribution < 1.29 is 17.9 Å². The Kier molecular flexibility index (Phi) is 6.15. The molecule has 0 aliphatic carbocycles. The number of fused-ring (bicyclic) bond motifs is 3. The van der Waals surface area contributed by atoms with E-state index in [9.17, 15) is 18.0 Å². The van der Waals surface area contributed by atoms with Crippen LogP contribution in [0.5, 0.6) is 6.01 Å². The molecule has 1 saturated heterocycles.